The van der Waals surface area contributed by atoms with E-state index in [1.54, 1.807) is 0 Å². The van der Waals surface area contributed by atoms with Crippen LogP contribution in [0.5, 0.6) is 0 Å². The minimum absolute atomic E-state index is 0.0614. The van der Waals surface area contributed by atoms with E-state index in [0.29, 0.717) is 6.54 Å². The third-order valence-corrected chi connectivity index (χ3v) is 6.04. The summed E-state index contributed by atoms with van der Waals surface area (Å²) < 4.78 is 51.1. The van der Waals surface area contributed by atoms with Crippen LogP contribution in [0.2, 0.25) is 0 Å². The highest BCUT2D eigenvalue weighted by Gasteiger charge is 2.19. The van der Waals surface area contributed by atoms with Gasteiger partial charge in [-0.25, -0.2) is 25.9 Å². The number of sulfonamides is 2. The zero-order valence-corrected chi connectivity index (χ0v) is 13.5. The molecular formula is C12H20N2O4S2. The van der Waals surface area contributed by atoms with Gasteiger partial charge in [0.15, 0.2) is 0 Å². The molecule has 0 bridgehead atoms. The molecule has 0 aliphatic heterocycles. The van der Waals surface area contributed by atoms with Crippen LogP contribution in [0.1, 0.15) is 19.8 Å². The Hall–Kier alpha value is -0.960. The summed E-state index contributed by atoms with van der Waals surface area (Å²) in [5.74, 6) is 0. The van der Waals surface area contributed by atoms with E-state index in [-0.39, 0.29) is 9.79 Å². The number of nitrogens with zero attached hydrogens (tertiary/aromatic N) is 1. The molecule has 0 aromatic heterocycles. The standard InChI is InChI=1S/C12H20N2O4S2/c1-4-5-10-13-19(15,16)11-6-8-12(9-7-11)20(17,18)14(2)3/h6-9,13H,4-5,10H2,1-3H3. The average Bonchev–Trinajstić information content (AvgIpc) is 2.39. The van der Waals surface area contributed by atoms with Crippen molar-refractivity contribution in [3.63, 3.8) is 0 Å². The van der Waals surface area contributed by atoms with Gasteiger partial charge in [0.05, 0.1) is 9.79 Å². The van der Waals surface area contributed by atoms with Gasteiger partial charge in [-0.3, -0.25) is 0 Å². The van der Waals surface area contributed by atoms with Crippen LogP contribution in [0, 0.1) is 0 Å². The molecule has 1 aromatic rings. The maximum atomic E-state index is 11.9. The van der Waals surface area contributed by atoms with Crippen LogP contribution >= 0.6 is 0 Å². The minimum atomic E-state index is -3.57. The molecule has 0 spiro atoms. The first-order valence-corrected chi connectivity index (χ1v) is 9.16. The second-order valence-electron chi connectivity index (χ2n) is 4.51. The average molecular weight is 320 g/mol. The molecular weight excluding hydrogens is 300 g/mol. The largest absolute Gasteiger partial charge is 0.242 e. The van der Waals surface area contributed by atoms with Crippen LogP contribution in [-0.4, -0.2) is 41.8 Å². The van der Waals surface area contributed by atoms with Crippen molar-refractivity contribution < 1.29 is 16.8 Å². The molecule has 0 heterocycles. The molecule has 20 heavy (non-hydrogen) atoms. The first kappa shape index (κ1) is 17.1. The summed E-state index contributed by atoms with van der Waals surface area (Å²) in [4.78, 5) is 0.126. The van der Waals surface area contributed by atoms with Gasteiger partial charge in [-0.1, -0.05) is 13.3 Å². The fourth-order valence-electron chi connectivity index (χ4n) is 1.47. The van der Waals surface area contributed by atoms with Crippen molar-refractivity contribution in [2.45, 2.75) is 29.6 Å². The Kier molecular flexibility index (Phi) is 5.69. The van der Waals surface area contributed by atoms with Gasteiger partial charge in [-0.2, -0.15) is 0 Å². The van der Waals surface area contributed by atoms with Gasteiger partial charge in [0.1, 0.15) is 0 Å². The summed E-state index contributed by atoms with van der Waals surface area (Å²) in [6.45, 7) is 2.34. The lowest BCUT2D eigenvalue weighted by Gasteiger charge is -2.12. The molecule has 6 nitrogen and oxygen atoms in total. The normalized spacial score (nSPS) is 12.8. The van der Waals surface area contributed by atoms with E-state index in [1.165, 1.54) is 38.4 Å². The second-order valence-corrected chi connectivity index (χ2v) is 8.43. The summed E-state index contributed by atoms with van der Waals surface area (Å²) in [5.41, 5.74) is 0. The molecule has 0 fully saturated rings. The fourth-order valence-corrected chi connectivity index (χ4v) is 3.44. The number of rotatable bonds is 7. The number of hydrogen-bond acceptors (Lipinski definition) is 4. The molecule has 114 valence electrons. The van der Waals surface area contributed by atoms with Crippen molar-refractivity contribution in [1.82, 2.24) is 9.03 Å². The van der Waals surface area contributed by atoms with Crippen LogP contribution in [0.15, 0.2) is 34.1 Å². The highest BCUT2D eigenvalue weighted by atomic mass is 32.2. The summed E-state index contributed by atoms with van der Waals surface area (Å²) in [6.07, 6.45) is 1.65. The van der Waals surface area contributed by atoms with Crippen molar-refractivity contribution >= 4 is 20.0 Å². The summed E-state index contributed by atoms with van der Waals surface area (Å²) >= 11 is 0. The van der Waals surface area contributed by atoms with Crippen molar-refractivity contribution in [2.75, 3.05) is 20.6 Å². The molecule has 0 aliphatic rings. The van der Waals surface area contributed by atoms with Crippen molar-refractivity contribution in [3.8, 4) is 0 Å². The number of unbranched alkanes of at least 4 members (excludes halogenated alkanes) is 1. The monoisotopic (exact) mass is 320 g/mol. The lowest BCUT2D eigenvalue weighted by Crippen LogP contribution is -2.25. The summed E-state index contributed by atoms with van der Waals surface area (Å²) in [6, 6.07) is 5.18. The van der Waals surface area contributed by atoms with Crippen LogP contribution in [-0.2, 0) is 20.0 Å². The second kappa shape index (κ2) is 6.66. The van der Waals surface area contributed by atoms with E-state index in [1.807, 2.05) is 6.92 Å². The topological polar surface area (TPSA) is 83.5 Å². The third kappa shape index (κ3) is 4.02. The lowest BCUT2D eigenvalue weighted by atomic mass is 10.3. The molecule has 0 saturated carbocycles. The van der Waals surface area contributed by atoms with E-state index in [9.17, 15) is 16.8 Å². The van der Waals surface area contributed by atoms with E-state index in [2.05, 4.69) is 4.72 Å². The Balaban J connectivity index is 2.97. The maximum Gasteiger partial charge on any atom is 0.242 e. The Morgan fingerprint density at radius 2 is 1.50 bits per heavy atom. The van der Waals surface area contributed by atoms with Gasteiger partial charge >= 0.3 is 0 Å². The first-order chi connectivity index (χ1) is 9.21. The van der Waals surface area contributed by atoms with E-state index in [4.69, 9.17) is 0 Å². The first-order valence-electron chi connectivity index (χ1n) is 6.24. The Morgan fingerprint density at radius 1 is 1.00 bits per heavy atom. The van der Waals surface area contributed by atoms with E-state index < -0.39 is 20.0 Å². The SMILES string of the molecule is CCCCNS(=O)(=O)c1ccc(S(=O)(=O)N(C)C)cc1. The summed E-state index contributed by atoms with van der Waals surface area (Å²) in [7, 11) is -4.27. The Bertz CT molecular complexity index is 635. The van der Waals surface area contributed by atoms with Crippen molar-refractivity contribution in [1.29, 1.82) is 0 Å². The fraction of sp³-hybridized carbons (Fsp3) is 0.500. The zero-order valence-electron chi connectivity index (χ0n) is 11.8. The molecule has 1 rings (SSSR count). The third-order valence-electron chi connectivity index (χ3n) is 2.74. The van der Waals surface area contributed by atoms with Gasteiger partial charge in [0.2, 0.25) is 20.0 Å². The number of nitrogens with one attached hydrogen (secondary N) is 1. The molecule has 0 atom stereocenters. The molecule has 1 aromatic carbocycles. The lowest BCUT2D eigenvalue weighted by molar-refractivity contribution is 0.520. The maximum absolute atomic E-state index is 11.9. The minimum Gasteiger partial charge on any atom is -0.211 e. The van der Waals surface area contributed by atoms with Gasteiger partial charge < -0.3 is 0 Å². The molecule has 0 amide bonds. The predicted molar refractivity (Wildman–Crippen MR) is 77.4 cm³/mol. The predicted octanol–water partition coefficient (Wildman–Crippen LogP) is 1.02. The quantitative estimate of drug-likeness (QED) is 0.760. The molecule has 0 saturated heterocycles. The number of hydrogen-bond donors (Lipinski definition) is 1. The van der Waals surface area contributed by atoms with Gasteiger partial charge in [0.25, 0.3) is 0 Å². The smallest absolute Gasteiger partial charge is 0.211 e. The van der Waals surface area contributed by atoms with Gasteiger partial charge in [-0.05, 0) is 30.7 Å². The zero-order chi connectivity index (χ0) is 15.4. The van der Waals surface area contributed by atoms with Crippen LogP contribution in [0.4, 0.5) is 0 Å². The molecule has 0 unspecified atom stereocenters. The molecule has 1 N–H and O–H groups in total. The van der Waals surface area contributed by atoms with Crippen LogP contribution in [0.25, 0.3) is 0 Å². The summed E-state index contributed by atoms with van der Waals surface area (Å²) in [5, 5.41) is 0. The van der Waals surface area contributed by atoms with Crippen molar-refractivity contribution in [2.24, 2.45) is 0 Å². The van der Waals surface area contributed by atoms with Gasteiger partial charge in [0, 0.05) is 20.6 Å². The van der Waals surface area contributed by atoms with Crippen molar-refractivity contribution in [3.05, 3.63) is 24.3 Å². The van der Waals surface area contributed by atoms with Crippen LogP contribution in [0.3, 0.4) is 0 Å². The van der Waals surface area contributed by atoms with Gasteiger partial charge in [-0.15, -0.1) is 0 Å². The highest BCUT2D eigenvalue weighted by Crippen LogP contribution is 2.16. The Labute approximate surface area is 120 Å². The molecule has 0 radical (unpaired) electrons. The number of benzene rings is 1. The molecule has 0 aliphatic carbocycles. The Morgan fingerprint density at radius 3 is 1.95 bits per heavy atom. The highest BCUT2D eigenvalue weighted by molar-refractivity contribution is 7.89. The van der Waals surface area contributed by atoms with E-state index in [0.717, 1.165) is 17.1 Å². The van der Waals surface area contributed by atoms with Crippen LogP contribution < -0.4 is 4.72 Å². The molecule has 8 heteroatoms. The van der Waals surface area contributed by atoms with E-state index >= 15 is 0 Å².